The smallest absolute Gasteiger partial charge is 0.257 e. The van der Waals surface area contributed by atoms with E-state index >= 15 is 0 Å². The van der Waals surface area contributed by atoms with E-state index in [9.17, 15) is 9.18 Å². The molecule has 3 rings (SSSR count). The van der Waals surface area contributed by atoms with Crippen molar-refractivity contribution >= 4 is 5.91 Å². The molecular formula is C16H16FN5O. The van der Waals surface area contributed by atoms with E-state index in [0.717, 1.165) is 5.56 Å². The standard InChI is InChI=1S/C16H16FN5O/c1-21(9-11-7-19-22(2)10-11)16(23)14-8-18-20-15(14)12-3-5-13(17)6-4-12/h3-8,10H,9H2,1-2H3,(H,18,20). The van der Waals surface area contributed by atoms with Gasteiger partial charge in [-0.2, -0.15) is 10.2 Å². The predicted octanol–water partition coefficient (Wildman–Crippen LogP) is 2.22. The van der Waals surface area contributed by atoms with E-state index in [4.69, 9.17) is 0 Å². The van der Waals surface area contributed by atoms with Gasteiger partial charge >= 0.3 is 0 Å². The fourth-order valence-electron chi connectivity index (χ4n) is 2.39. The second kappa shape index (κ2) is 6.04. The molecule has 6 nitrogen and oxygen atoms in total. The zero-order valence-corrected chi connectivity index (χ0v) is 12.8. The highest BCUT2D eigenvalue weighted by atomic mass is 19.1. The SMILES string of the molecule is CN(Cc1cnn(C)c1)C(=O)c1cn[nH]c1-c1ccc(F)cc1. The Labute approximate surface area is 132 Å². The Bertz CT molecular complexity index is 821. The van der Waals surface area contributed by atoms with Crippen molar-refractivity contribution in [2.75, 3.05) is 7.05 Å². The predicted molar refractivity (Wildman–Crippen MR) is 83.0 cm³/mol. The maximum Gasteiger partial charge on any atom is 0.257 e. The molecule has 3 aromatic rings. The summed E-state index contributed by atoms with van der Waals surface area (Å²) >= 11 is 0. The number of nitrogens with zero attached hydrogens (tertiary/aromatic N) is 4. The fraction of sp³-hybridized carbons (Fsp3) is 0.188. The molecule has 0 saturated carbocycles. The third kappa shape index (κ3) is 3.13. The number of aryl methyl sites for hydroxylation is 1. The molecule has 0 saturated heterocycles. The van der Waals surface area contributed by atoms with E-state index in [1.807, 2.05) is 13.2 Å². The molecule has 23 heavy (non-hydrogen) atoms. The highest BCUT2D eigenvalue weighted by molar-refractivity contribution is 5.99. The molecule has 2 aromatic heterocycles. The van der Waals surface area contributed by atoms with Crippen LogP contribution in [-0.4, -0.2) is 37.8 Å². The van der Waals surface area contributed by atoms with Gasteiger partial charge in [0, 0.05) is 38.0 Å². The highest BCUT2D eigenvalue weighted by Crippen LogP contribution is 2.22. The van der Waals surface area contributed by atoms with Crippen LogP contribution in [0, 0.1) is 5.82 Å². The van der Waals surface area contributed by atoms with Crippen molar-refractivity contribution in [3.05, 3.63) is 59.8 Å². The fourth-order valence-corrected chi connectivity index (χ4v) is 2.39. The summed E-state index contributed by atoms with van der Waals surface area (Å²) in [6, 6.07) is 5.93. The first-order chi connectivity index (χ1) is 11.0. The summed E-state index contributed by atoms with van der Waals surface area (Å²) in [4.78, 5) is 14.2. The first-order valence-corrected chi connectivity index (χ1v) is 7.07. The lowest BCUT2D eigenvalue weighted by Gasteiger charge is -2.16. The minimum absolute atomic E-state index is 0.165. The number of carbonyl (C=O) groups excluding carboxylic acids is 1. The van der Waals surface area contributed by atoms with Crippen LogP contribution in [0.3, 0.4) is 0 Å². The number of benzene rings is 1. The Balaban J connectivity index is 1.82. The molecule has 0 spiro atoms. The normalized spacial score (nSPS) is 10.7. The molecule has 2 heterocycles. The van der Waals surface area contributed by atoms with Crippen LogP contribution < -0.4 is 0 Å². The van der Waals surface area contributed by atoms with Crippen molar-refractivity contribution in [2.45, 2.75) is 6.54 Å². The van der Waals surface area contributed by atoms with Gasteiger partial charge in [0.25, 0.3) is 5.91 Å². The number of hydrogen-bond acceptors (Lipinski definition) is 3. The average molecular weight is 313 g/mol. The van der Waals surface area contributed by atoms with Crippen LogP contribution in [0.4, 0.5) is 4.39 Å². The number of nitrogens with one attached hydrogen (secondary N) is 1. The van der Waals surface area contributed by atoms with Gasteiger partial charge in [-0.15, -0.1) is 0 Å². The molecular weight excluding hydrogens is 297 g/mol. The maximum atomic E-state index is 13.1. The third-order valence-corrected chi connectivity index (χ3v) is 3.53. The minimum atomic E-state index is -0.324. The summed E-state index contributed by atoms with van der Waals surface area (Å²) in [5.74, 6) is -0.489. The molecule has 0 aliphatic carbocycles. The molecule has 0 bridgehead atoms. The zero-order valence-electron chi connectivity index (χ0n) is 12.8. The molecule has 1 N–H and O–H groups in total. The molecule has 118 valence electrons. The van der Waals surface area contributed by atoms with Gasteiger partial charge in [-0.1, -0.05) is 0 Å². The Morgan fingerprint density at radius 2 is 2.04 bits per heavy atom. The van der Waals surface area contributed by atoms with Crippen LogP contribution in [0.5, 0.6) is 0 Å². The summed E-state index contributed by atoms with van der Waals surface area (Å²) in [6.45, 7) is 0.445. The Hall–Kier alpha value is -2.96. The molecule has 0 aliphatic heterocycles. The molecule has 0 radical (unpaired) electrons. The van der Waals surface area contributed by atoms with E-state index in [2.05, 4.69) is 15.3 Å². The lowest BCUT2D eigenvalue weighted by molar-refractivity contribution is 0.0786. The van der Waals surface area contributed by atoms with Crippen molar-refractivity contribution in [1.82, 2.24) is 24.9 Å². The van der Waals surface area contributed by atoms with Gasteiger partial charge in [-0.25, -0.2) is 4.39 Å². The molecule has 7 heteroatoms. The van der Waals surface area contributed by atoms with Gasteiger partial charge in [0.15, 0.2) is 0 Å². The number of rotatable bonds is 4. The topological polar surface area (TPSA) is 66.8 Å². The molecule has 1 amide bonds. The lowest BCUT2D eigenvalue weighted by Crippen LogP contribution is -2.26. The van der Waals surface area contributed by atoms with E-state index in [-0.39, 0.29) is 11.7 Å². The van der Waals surface area contributed by atoms with Crippen molar-refractivity contribution in [2.24, 2.45) is 7.05 Å². The molecule has 1 aromatic carbocycles. The van der Waals surface area contributed by atoms with E-state index in [0.29, 0.717) is 23.4 Å². The van der Waals surface area contributed by atoms with Gasteiger partial charge in [-0.3, -0.25) is 14.6 Å². The van der Waals surface area contributed by atoms with Gasteiger partial charge in [0.2, 0.25) is 0 Å². The van der Waals surface area contributed by atoms with Crippen LogP contribution in [0.25, 0.3) is 11.3 Å². The number of hydrogen-bond donors (Lipinski definition) is 1. The van der Waals surface area contributed by atoms with Crippen molar-refractivity contribution < 1.29 is 9.18 Å². The van der Waals surface area contributed by atoms with Gasteiger partial charge in [0.05, 0.1) is 23.7 Å². The maximum absolute atomic E-state index is 13.1. The minimum Gasteiger partial charge on any atom is -0.337 e. The molecule has 0 fully saturated rings. The number of H-pyrrole nitrogens is 1. The van der Waals surface area contributed by atoms with Crippen LogP contribution in [0.1, 0.15) is 15.9 Å². The second-order valence-corrected chi connectivity index (χ2v) is 5.35. The summed E-state index contributed by atoms with van der Waals surface area (Å²) in [6.07, 6.45) is 5.07. The summed E-state index contributed by atoms with van der Waals surface area (Å²) < 4.78 is 14.7. The molecule has 0 atom stereocenters. The Kier molecular flexibility index (Phi) is 3.92. The summed E-state index contributed by atoms with van der Waals surface area (Å²) in [5, 5.41) is 10.9. The first kappa shape index (κ1) is 15.0. The van der Waals surface area contributed by atoms with Crippen LogP contribution in [0.15, 0.2) is 42.9 Å². The van der Waals surface area contributed by atoms with Gasteiger partial charge in [0.1, 0.15) is 5.82 Å². The number of amides is 1. The molecule has 0 aliphatic rings. The van der Waals surface area contributed by atoms with Crippen LogP contribution in [-0.2, 0) is 13.6 Å². The van der Waals surface area contributed by atoms with Crippen LogP contribution in [0.2, 0.25) is 0 Å². The Morgan fingerprint density at radius 3 is 2.70 bits per heavy atom. The number of carbonyl (C=O) groups is 1. The first-order valence-electron chi connectivity index (χ1n) is 7.07. The lowest BCUT2D eigenvalue weighted by atomic mass is 10.1. The summed E-state index contributed by atoms with van der Waals surface area (Å²) in [7, 11) is 3.55. The summed E-state index contributed by atoms with van der Waals surface area (Å²) in [5.41, 5.74) is 2.67. The number of aromatic amines is 1. The van der Waals surface area contributed by atoms with Crippen molar-refractivity contribution in [3.63, 3.8) is 0 Å². The third-order valence-electron chi connectivity index (χ3n) is 3.53. The van der Waals surface area contributed by atoms with Gasteiger partial charge < -0.3 is 4.90 Å². The highest BCUT2D eigenvalue weighted by Gasteiger charge is 2.19. The quantitative estimate of drug-likeness (QED) is 0.803. The molecule has 0 unspecified atom stereocenters. The van der Waals surface area contributed by atoms with E-state index in [1.54, 1.807) is 35.0 Å². The Morgan fingerprint density at radius 1 is 1.30 bits per heavy atom. The largest absolute Gasteiger partial charge is 0.337 e. The van der Waals surface area contributed by atoms with E-state index in [1.165, 1.54) is 18.3 Å². The van der Waals surface area contributed by atoms with Crippen molar-refractivity contribution in [3.8, 4) is 11.3 Å². The monoisotopic (exact) mass is 313 g/mol. The number of halogens is 1. The van der Waals surface area contributed by atoms with Crippen LogP contribution >= 0.6 is 0 Å². The average Bonchev–Trinajstić information content (AvgIpc) is 3.16. The number of aromatic nitrogens is 4. The van der Waals surface area contributed by atoms with E-state index < -0.39 is 0 Å². The second-order valence-electron chi connectivity index (χ2n) is 5.35. The zero-order chi connectivity index (χ0) is 16.4. The van der Waals surface area contributed by atoms with Gasteiger partial charge in [-0.05, 0) is 24.3 Å². The van der Waals surface area contributed by atoms with Crippen molar-refractivity contribution in [1.29, 1.82) is 0 Å².